The average molecular weight is 278 g/mol. The Kier molecular flexibility index (Phi) is 4.98. The molecule has 3 fully saturated rings. The molecule has 1 amide bonds. The van der Waals surface area contributed by atoms with Crippen molar-refractivity contribution in [2.45, 2.75) is 70.3 Å². The van der Waals surface area contributed by atoms with Gasteiger partial charge in [0.2, 0.25) is 5.91 Å². The van der Waals surface area contributed by atoms with Crippen LogP contribution in [0.15, 0.2) is 0 Å². The minimum atomic E-state index is 0.303. The number of carbonyl (C=O) groups is 1. The number of nitrogens with one attached hydrogen (secondary N) is 2. The molecule has 20 heavy (non-hydrogen) atoms. The van der Waals surface area contributed by atoms with Gasteiger partial charge in [0.1, 0.15) is 0 Å². The largest absolute Gasteiger partial charge is 0.352 e. The van der Waals surface area contributed by atoms with Crippen LogP contribution in [-0.4, -0.2) is 25.0 Å². The fourth-order valence-electron chi connectivity index (χ4n) is 4.57. The highest BCUT2D eigenvalue weighted by molar-refractivity contribution is 5.79. The van der Waals surface area contributed by atoms with Crippen LogP contribution in [0.2, 0.25) is 0 Å². The van der Waals surface area contributed by atoms with E-state index < -0.39 is 0 Å². The molecular formula is C17H30N2O. The second kappa shape index (κ2) is 6.93. The summed E-state index contributed by atoms with van der Waals surface area (Å²) in [5.41, 5.74) is 0. The van der Waals surface area contributed by atoms with Crippen LogP contribution in [0.4, 0.5) is 0 Å². The van der Waals surface area contributed by atoms with Gasteiger partial charge in [0, 0.05) is 18.5 Å². The van der Waals surface area contributed by atoms with E-state index in [4.69, 9.17) is 0 Å². The molecule has 0 bridgehead atoms. The number of hydrogen-bond acceptors (Lipinski definition) is 2. The van der Waals surface area contributed by atoms with Gasteiger partial charge < -0.3 is 10.6 Å². The fourth-order valence-corrected chi connectivity index (χ4v) is 4.57. The van der Waals surface area contributed by atoms with Crippen LogP contribution in [0, 0.1) is 17.8 Å². The Morgan fingerprint density at radius 1 is 0.900 bits per heavy atom. The van der Waals surface area contributed by atoms with E-state index in [1.807, 2.05) is 0 Å². The van der Waals surface area contributed by atoms with Crippen molar-refractivity contribution in [3.8, 4) is 0 Å². The molecule has 4 atom stereocenters. The summed E-state index contributed by atoms with van der Waals surface area (Å²) in [4.78, 5) is 12.5. The lowest BCUT2D eigenvalue weighted by Gasteiger charge is -2.39. The topological polar surface area (TPSA) is 41.1 Å². The van der Waals surface area contributed by atoms with Crippen LogP contribution in [0.3, 0.4) is 0 Å². The Balaban J connectivity index is 1.49. The number of amides is 1. The number of rotatable bonds is 2. The first-order valence-corrected chi connectivity index (χ1v) is 8.84. The van der Waals surface area contributed by atoms with E-state index in [1.54, 1.807) is 0 Å². The molecule has 114 valence electrons. The summed E-state index contributed by atoms with van der Waals surface area (Å²) in [6.45, 7) is 2.07. The van der Waals surface area contributed by atoms with E-state index in [0.717, 1.165) is 44.2 Å². The maximum Gasteiger partial charge on any atom is 0.223 e. The Morgan fingerprint density at radius 3 is 2.60 bits per heavy atom. The van der Waals surface area contributed by atoms with E-state index in [1.165, 1.54) is 44.9 Å². The lowest BCUT2D eigenvalue weighted by atomic mass is 9.67. The zero-order valence-corrected chi connectivity index (χ0v) is 12.7. The van der Waals surface area contributed by atoms with Crippen LogP contribution in [0.1, 0.15) is 64.2 Å². The molecule has 3 aliphatic rings. The molecule has 0 radical (unpaired) electrons. The van der Waals surface area contributed by atoms with Crippen LogP contribution >= 0.6 is 0 Å². The molecule has 0 aromatic carbocycles. The molecule has 0 aromatic rings. The van der Waals surface area contributed by atoms with E-state index >= 15 is 0 Å². The highest BCUT2D eigenvalue weighted by Crippen LogP contribution is 2.42. The molecule has 0 spiro atoms. The molecule has 2 aliphatic carbocycles. The van der Waals surface area contributed by atoms with E-state index in [9.17, 15) is 4.79 Å². The molecule has 3 nitrogen and oxygen atoms in total. The minimum absolute atomic E-state index is 0.303. The van der Waals surface area contributed by atoms with E-state index in [-0.39, 0.29) is 0 Å². The smallest absolute Gasteiger partial charge is 0.223 e. The summed E-state index contributed by atoms with van der Waals surface area (Å²) in [5, 5.41) is 6.76. The third-order valence-electron chi connectivity index (χ3n) is 5.80. The van der Waals surface area contributed by atoms with Crippen LogP contribution in [0.25, 0.3) is 0 Å². The number of fused-ring (bicyclic) bond motifs is 1. The molecule has 1 aliphatic heterocycles. The summed E-state index contributed by atoms with van der Waals surface area (Å²) < 4.78 is 0. The first-order chi connectivity index (χ1) is 9.83. The second-order valence-electron chi connectivity index (χ2n) is 7.22. The molecule has 3 rings (SSSR count). The SMILES string of the molecule is O=C(NC1CCCCNC1)C1CCC2CCCCC2C1. The molecule has 1 saturated heterocycles. The molecular weight excluding hydrogens is 248 g/mol. The average Bonchev–Trinajstić information content (AvgIpc) is 2.75. The standard InChI is InChI=1S/C17H30N2O/c20-17(19-16-7-3-4-10-18-12-16)15-9-8-13-5-1-2-6-14(13)11-15/h13-16,18H,1-12H2,(H,19,20). The first kappa shape index (κ1) is 14.4. The second-order valence-corrected chi connectivity index (χ2v) is 7.22. The minimum Gasteiger partial charge on any atom is -0.352 e. The van der Waals surface area contributed by atoms with Crippen molar-refractivity contribution in [3.05, 3.63) is 0 Å². The van der Waals surface area contributed by atoms with Crippen LogP contribution in [-0.2, 0) is 4.79 Å². The first-order valence-electron chi connectivity index (χ1n) is 8.84. The van der Waals surface area contributed by atoms with Gasteiger partial charge in [-0.25, -0.2) is 0 Å². The maximum atomic E-state index is 12.5. The van der Waals surface area contributed by atoms with Gasteiger partial charge in [0.15, 0.2) is 0 Å². The van der Waals surface area contributed by atoms with Crippen LogP contribution in [0.5, 0.6) is 0 Å². The summed E-state index contributed by atoms with van der Waals surface area (Å²) >= 11 is 0. The van der Waals surface area contributed by atoms with Gasteiger partial charge in [0.25, 0.3) is 0 Å². The Labute approximate surface area is 123 Å². The predicted molar refractivity (Wildman–Crippen MR) is 81.4 cm³/mol. The van der Waals surface area contributed by atoms with Crippen molar-refractivity contribution in [1.29, 1.82) is 0 Å². The zero-order chi connectivity index (χ0) is 13.8. The van der Waals surface area contributed by atoms with E-state index in [2.05, 4.69) is 10.6 Å². The van der Waals surface area contributed by atoms with E-state index in [0.29, 0.717) is 17.9 Å². The normalized spacial score (nSPS) is 38.6. The highest BCUT2D eigenvalue weighted by atomic mass is 16.1. The highest BCUT2D eigenvalue weighted by Gasteiger charge is 2.35. The molecule has 4 unspecified atom stereocenters. The van der Waals surface area contributed by atoms with Crippen molar-refractivity contribution in [2.24, 2.45) is 17.8 Å². The quantitative estimate of drug-likeness (QED) is 0.815. The lowest BCUT2D eigenvalue weighted by molar-refractivity contribution is -0.128. The monoisotopic (exact) mass is 278 g/mol. The summed E-state index contributed by atoms with van der Waals surface area (Å²) in [6, 6.07) is 0.370. The third kappa shape index (κ3) is 3.55. The number of hydrogen-bond donors (Lipinski definition) is 2. The summed E-state index contributed by atoms with van der Waals surface area (Å²) in [7, 11) is 0. The van der Waals surface area contributed by atoms with Gasteiger partial charge in [-0.2, -0.15) is 0 Å². The molecule has 3 heteroatoms. The lowest BCUT2D eigenvalue weighted by Crippen LogP contribution is -2.45. The Hall–Kier alpha value is -0.570. The molecule has 2 N–H and O–H groups in total. The van der Waals surface area contributed by atoms with Gasteiger partial charge in [0.05, 0.1) is 0 Å². The maximum absolute atomic E-state index is 12.5. The van der Waals surface area contributed by atoms with Crippen molar-refractivity contribution < 1.29 is 4.79 Å². The summed E-state index contributed by atoms with van der Waals surface area (Å²) in [5.74, 6) is 2.44. The Bertz CT molecular complexity index is 323. The van der Waals surface area contributed by atoms with Crippen molar-refractivity contribution >= 4 is 5.91 Å². The number of carbonyl (C=O) groups excluding carboxylic acids is 1. The molecule has 2 saturated carbocycles. The van der Waals surface area contributed by atoms with Gasteiger partial charge >= 0.3 is 0 Å². The third-order valence-corrected chi connectivity index (χ3v) is 5.80. The molecule has 1 heterocycles. The van der Waals surface area contributed by atoms with Gasteiger partial charge in [-0.15, -0.1) is 0 Å². The Morgan fingerprint density at radius 2 is 1.70 bits per heavy atom. The summed E-state index contributed by atoms with van der Waals surface area (Å²) in [6.07, 6.45) is 12.8. The fraction of sp³-hybridized carbons (Fsp3) is 0.941. The van der Waals surface area contributed by atoms with Crippen LogP contribution < -0.4 is 10.6 Å². The van der Waals surface area contributed by atoms with Gasteiger partial charge in [-0.3, -0.25) is 4.79 Å². The van der Waals surface area contributed by atoms with Crippen molar-refractivity contribution in [1.82, 2.24) is 10.6 Å². The zero-order valence-electron chi connectivity index (χ0n) is 12.7. The van der Waals surface area contributed by atoms with Gasteiger partial charge in [-0.05, 0) is 50.5 Å². The van der Waals surface area contributed by atoms with Crippen molar-refractivity contribution in [2.75, 3.05) is 13.1 Å². The predicted octanol–water partition coefficient (Wildman–Crippen LogP) is 2.85. The molecule has 0 aromatic heterocycles. The van der Waals surface area contributed by atoms with Crippen molar-refractivity contribution in [3.63, 3.8) is 0 Å². The van der Waals surface area contributed by atoms with Gasteiger partial charge in [-0.1, -0.05) is 32.1 Å².